The first-order chi connectivity index (χ1) is 10.9. The number of carboxylic acid groups (broad SMARTS) is 1. The van der Waals surface area contributed by atoms with Crippen LogP contribution in [0.2, 0.25) is 0 Å². The zero-order valence-electron chi connectivity index (χ0n) is 14.3. The lowest BCUT2D eigenvalue weighted by Crippen LogP contribution is -2.54. The molecule has 4 aliphatic carbocycles. The summed E-state index contributed by atoms with van der Waals surface area (Å²) in [4.78, 5) is 12.0. The Morgan fingerprint density at radius 1 is 1.30 bits per heavy atom. The van der Waals surface area contributed by atoms with Crippen molar-refractivity contribution in [3.63, 3.8) is 0 Å². The second-order valence-electron chi connectivity index (χ2n) is 8.87. The fourth-order valence-electron chi connectivity index (χ4n) is 6.77. The quantitative estimate of drug-likeness (QED) is 0.759. The molecule has 0 aromatic rings. The molecule has 2 fully saturated rings. The van der Waals surface area contributed by atoms with E-state index >= 15 is 0 Å². The van der Waals surface area contributed by atoms with E-state index in [1.54, 1.807) is 0 Å². The summed E-state index contributed by atoms with van der Waals surface area (Å²) in [5, 5.41) is 19.6. The molecular formula is C20H28O3. The van der Waals surface area contributed by atoms with Gasteiger partial charge in [-0.05, 0) is 68.3 Å². The average molecular weight is 316 g/mol. The first-order valence-corrected chi connectivity index (χ1v) is 9.13. The van der Waals surface area contributed by atoms with Crippen LogP contribution < -0.4 is 0 Å². The summed E-state index contributed by atoms with van der Waals surface area (Å²) in [6.45, 7) is 4.49. The number of hydrogen-bond acceptors (Lipinski definition) is 2. The molecule has 3 heteroatoms. The number of carbonyl (C=O) groups is 1. The molecule has 2 N–H and O–H groups in total. The third kappa shape index (κ3) is 1.83. The van der Waals surface area contributed by atoms with Gasteiger partial charge in [0.25, 0.3) is 0 Å². The summed E-state index contributed by atoms with van der Waals surface area (Å²) in [5.74, 6) is 0.135. The number of allylic oxidation sites excluding steroid dienone is 3. The lowest BCUT2D eigenvalue weighted by atomic mass is 9.44. The van der Waals surface area contributed by atoms with Crippen LogP contribution in [0.25, 0.3) is 0 Å². The Morgan fingerprint density at radius 2 is 2.09 bits per heavy atom. The maximum Gasteiger partial charge on any atom is 0.309 e. The van der Waals surface area contributed by atoms with Gasteiger partial charge in [-0.15, -0.1) is 0 Å². The van der Waals surface area contributed by atoms with Crippen molar-refractivity contribution in [1.29, 1.82) is 0 Å². The van der Waals surface area contributed by atoms with Crippen molar-refractivity contribution in [2.75, 3.05) is 6.61 Å². The van der Waals surface area contributed by atoms with E-state index in [0.29, 0.717) is 5.92 Å². The van der Waals surface area contributed by atoms with Crippen molar-refractivity contribution in [3.8, 4) is 0 Å². The van der Waals surface area contributed by atoms with Gasteiger partial charge in [0.2, 0.25) is 0 Å². The van der Waals surface area contributed by atoms with Crippen LogP contribution >= 0.6 is 0 Å². The fourth-order valence-corrected chi connectivity index (χ4v) is 6.77. The molecule has 0 unspecified atom stereocenters. The van der Waals surface area contributed by atoms with Crippen molar-refractivity contribution >= 4 is 5.97 Å². The van der Waals surface area contributed by atoms with Crippen LogP contribution in [0, 0.1) is 28.1 Å². The number of fused-ring (bicyclic) bond motifs is 3. The second kappa shape index (κ2) is 4.72. The van der Waals surface area contributed by atoms with Crippen molar-refractivity contribution < 1.29 is 15.0 Å². The molecule has 2 bridgehead atoms. The van der Waals surface area contributed by atoms with Crippen LogP contribution in [0.3, 0.4) is 0 Å². The second-order valence-corrected chi connectivity index (χ2v) is 8.87. The highest BCUT2D eigenvalue weighted by atomic mass is 16.4. The summed E-state index contributed by atoms with van der Waals surface area (Å²) in [6.07, 6.45) is 11.9. The molecular weight excluding hydrogens is 288 g/mol. The molecule has 0 amide bonds. The first kappa shape index (κ1) is 15.4. The molecule has 5 atom stereocenters. The Labute approximate surface area is 138 Å². The van der Waals surface area contributed by atoms with E-state index < -0.39 is 11.4 Å². The molecule has 0 radical (unpaired) electrons. The summed E-state index contributed by atoms with van der Waals surface area (Å²) < 4.78 is 0. The molecule has 0 aliphatic heterocycles. The van der Waals surface area contributed by atoms with Crippen LogP contribution in [0.1, 0.15) is 58.8 Å². The molecule has 126 valence electrons. The molecule has 0 saturated heterocycles. The summed E-state index contributed by atoms with van der Waals surface area (Å²) >= 11 is 0. The van der Waals surface area contributed by atoms with Gasteiger partial charge in [0.15, 0.2) is 0 Å². The molecule has 1 spiro atoms. The number of hydrogen-bond donors (Lipinski definition) is 2. The van der Waals surface area contributed by atoms with Crippen molar-refractivity contribution in [3.05, 3.63) is 23.3 Å². The summed E-state index contributed by atoms with van der Waals surface area (Å²) in [6, 6.07) is 0. The van der Waals surface area contributed by atoms with Crippen molar-refractivity contribution in [2.24, 2.45) is 28.1 Å². The lowest BCUT2D eigenvalue weighted by molar-refractivity contribution is -0.161. The minimum atomic E-state index is -0.614. The highest BCUT2D eigenvalue weighted by Crippen LogP contribution is 2.69. The van der Waals surface area contributed by atoms with E-state index in [1.165, 1.54) is 11.1 Å². The summed E-state index contributed by atoms with van der Waals surface area (Å²) in [7, 11) is 0. The zero-order valence-corrected chi connectivity index (χ0v) is 14.3. The van der Waals surface area contributed by atoms with E-state index in [1.807, 2.05) is 6.92 Å². The number of carboxylic acids is 1. The van der Waals surface area contributed by atoms with Crippen molar-refractivity contribution in [1.82, 2.24) is 0 Å². The summed E-state index contributed by atoms with van der Waals surface area (Å²) in [5.41, 5.74) is 2.26. The Hall–Kier alpha value is -1.09. The molecule has 0 heterocycles. The standard InChI is InChI=1S/C20H28O3/c1-18-7-3-8-19(2,17(22)23)15(18)6-9-20-10-13(4-5-16(18)20)14(11-20)12-21/h5,11,13,15,21H,3-4,6-10,12H2,1-2H3,(H,22,23)/t13-,15+,18-,19-,20+/m1/s1. The van der Waals surface area contributed by atoms with Gasteiger partial charge in [-0.2, -0.15) is 0 Å². The van der Waals surface area contributed by atoms with Gasteiger partial charge in [0.05, 0.1) is 12.0 Å². The lowest BCUT2D eigenvalue weighted by Gasteiger charge is -2.59. The van der Waals surface area contributed by atoms with E-state index in [4.69, 9.17) is 0 Å². The molecule has 3 nitrogen and oxygen atoms in total. The molecule has 23 heavy (non-hydrogen) atoms. The third-order valence-corrected chi connectivity index (χ3v) is 7.84. The van der Waals surface area contributed by atoms with E-state index in [-0.39, 0.29) is 23.4 Å². The Bertz CT molecular complexity index is 618. The normalized spacial score (nSPS) is 48.1. The van der Waals surface area contributed by atoms with Gasteiger partial charge in [-0.1, -0.05) is 31.1 Å². The van der Waals surface area contributed by atoms with Crippen LogP contribution in [-0.2, 0) is 4.79 Å². The van der Waals surface area contributed by atoms with E-state index in [9.17, 15) is 15.0 Å². The fraction of sp³-hybridized carbons (Fsp3) is 0.750. The average Bonchev–Trinajstić information content (AvgIpc) is 2.77. The number of aliphatic carboxylic acids is 1. The van der Waals surface area contributed by atoms with Crippen LogP contribution in [0.5, 0.6) is 0 Å². The highest BCUT2D eigenvalue weighted by molar-refractivity contribution is 5.75. The van der Waals surface area contributed by atoms with Gasteiger partial charge in [-0.25, -0.2) is 0 Å². The predicted octanol–water partition coefficient (Wildman–Crippen LogP) is 3.93. The van der Waals surface area contributed by atoms with Gasteiger partial charge in [0.1, 0.15) is 0 Å². The van der Waals surface area contributed by atoms with Crippen LogP contribution in [0.15, 0.2) is 23.3 Å². The molecule has 4 rings (SSSR count). The zero-order chi connectivity index (χ0) is 16.5. The molecule has 0 aromatic carbocycles. The topological polar surface area (TPSA) is 57.5 Å². The minimum Gasteiger partial charge on any atom is -0.481 e. The van der Waals surface area contributed by atoms with Gasteiger partial charge in [-0.3, -0.25) is 4.79 Å². The largest absolute Gasteiger partial charge is 0.481 e. The van der Waals surface area contributed by atoms with Gasteiger partial charge < -0.3 is 10.2 Å². The SMILES string of the molecule is C[C@@]1(C(=O)O)CCC[C@@]2(C)C3=CC[C@@H]4C[C@]3(C=C4CO)CC[C@H]12. The van der Waals surface area contributed by atoms with Crippen molar-refractivity contribution in [2.45, 2.75) is 58.8 Å². The van der Waals surface area contributed by atoms with E-state index in [0.717, 1.165) is 44.9 Å². The number of aliphatic hydroxyl groups excluding tert-OH is 1. The smallest absolute Gasteiger partial charge is 0.309 e. The Morgan fingerprint density at radius 3 is 2.78 bits per heavy atom. The predicted molar refractivity (Wildman–Crippen MR) is 88.8 cm³/mol. The minimum absolute atomic E-state index is 0.00994. The van der Waals surface area contributed by atoms with Crippen LogP contribution in [-0.4, -0.2) is 22.8 Å². The molecule has 0 aromatic heterocycles. The van der Waals surface area contributed by atoms with Crippen LogP contribution in [0.4, 0.5) is 0 Å². The monoisotopic (exact) mass is 316 g/mol. The Balaban J connectivity index is 1.80. The Kier molecular flexibility index (Phi) is 3.17. The maximum atomic E-state index is 12.0. The third-order valence-electron chi connectivity index (χ3n) is 7.84. The molecule has 4 aliphatic rings. The van der Waals surface area contributed by atoms with Gasteiger partial charge >= 0.3 is 5.97 Å². The molecule has 2 saturated carbocycles. The number of rotatable bonds is 2. The first-order valence-electron chi connectivity index (χ1n) is 9.13. The van der Waals surface area contributed by atoms with Gasteiger partial charge in [0, 0.05) is 5.41 Å². The maximum absolute atomic E-state index is 12.0. The number of aliphatic hydroxyl groups is 1. The highest BCUT2D eigenvalue weighted by Gasteiger charge is 2.61. The van der Waals surface area contributed by atoms with E-state index in [2.05, 4.69) is 19.1 Å².